The molecule has 0 radical (unpaired) electrons. The number of sulfone groups is 1. The van der Waals surface area contributed by atoms with Gasteiger partial charge in [0.05, 0.1) is 11.6 Å². The van der Waals surface area contributed by atoms with Crippen LogP contribution in [0.1, 0.15) is 31.2 Å². The van der Waals surface area contributed by atoms with E-state index in [0.29, 0.717) is 31.9 Å². The molecule has 1 aromatic carbocycles. The highest BCUT2D eigenvalue weighted by molar-refractivity contribution is 7.90. The lowest BCUT2D eigenvalue weighted by molar-refractivity contribution is -0.159. The second-order valence-corrected chi connectivity index (χ2v) is 10.7. The van der Waals surface area contributed by atoms with Crippen LogP contribution in [0.15, 0.2) is 27.6 Å². The van der Waals surface area contributed by atoms with E-state index in [1.807, 2.05) is 0 Å². The van der Waals surface area contributed by atoms with Crippen LogP contribution in [0.5, 0.6) is 0 Å². The molecule has 0 aliphatic carbocycles. The number of aromatic nitrogens is 2. The highest BCUT2D eigenvalue weighted by Crippen LogP contribution is 2.31. The Morgan fingerprint density at radius 2 is 1.91 bits per heavy atom. The Morgan fingerprint density at radius 1 is 1.21 bits per heavy atom. The van der Waals surface area contributed by atoms with Crippen molar-refractivity contribution in [2.75, 3.05) is 37.5 Å². The third-order valence-electron chi connectivity index (χ3n) is 6.17. The fourth-order valence-corrected chi connectivity index (χ4v) is 5.11. The summed E-state index contributed by atoms with van der Waals surface area (Å²) in [6, 6.07) is 4.44. The topological polar surface area (TPSA) is 82.8 Å². The molecule has 2 aliphatic heterocycles. The molecular formula is C20H25F4N5O3S. The summed E-state index contributed by atoms with van der Waals surface area (Å²) < 4.78 is 80.1. The van der Waals surface area contributed by atoms with Gasteiger partial charge in [0, 0.05) is 50.1 Å². The van der Waals surface area contributed by atoms with Crippen LogP contribution in [-0.2, 0) is 22.6 Å². The molecule has 8 nitrogen and oxygen atoms in total. The zero-order chi connectivity index (χ0) is 24.0. The molecule has 3 heterocycles. The van der Waals surface area contributed by atoms with Gasteiger partial charge in [-0.25, -0.2) is 12.8 Å². The second-order valence-electron chi connectivity index (χ2n) is 8.66. The molecule has 4 rings (SSSR count). The Bertz CT molecular complexity index is 1100. The van der Waals surface area contributed by atoms with Crippen molar-refractivity contribution in [2.24, 2.45) is 0 Å². The predicted molar refractivity (Wildman–Crippen MR) is 111 cm³/mol. The number of benzene rings is 1. The molecule has 0 spiro atoms. The first kappa shape index (κ1) is 23.9. The van der Waals surface area contributed by atoms with Gasteiger partial charge in [-0.05, 0) is 37.1 Å². The minimum Gasteiger partial charge on any atom is -0.338 e. The standard InChI is InChI=1S/C20H25F4N5O3S/c1-13-10-27(11-14-3-4-16(9-17(14)21)33(2,30)31)12-29(13)15-5-7-28(8-6-15)19-25-18(32-26-19)20(22,23)24/h3-4,9,13,15H,5-8,10-12H2,1-2H3. The molecular weight excluding hydrogens is 466 g/mol. The molecule has 0 N–H and O–H groups in total. The summed E-state index contributed by atoms with van der Waals surface area (Å²) in [6.45, 7) is 4.81. The first-order valence-electron chi connectivity index (χ1n) is 10.5. The first-order chi connectivity index (χ1) is 15.4. The zero-order valence-corrected chi connectivity index (χ0v) is 19.0. The van der Waals surface area contributed by atoms with Crippen LogP contribution in [0.25, 0.3) is 0 Å². The van der Waals surface area contributed by atoms with E-state index in [1.165, 1.54) is 12.1 Å². The van der Waals surface area contributed by atoms with Crippen molar-refractivity contribution in [1.82, 2.24) is 19.9 Å². The smallest absolute Gasteiger partial charge is 0.338 e. The lowest BCUT2D eigenvalue weighted by Gasteiger charge is -2.37. The molecule has 0 saturated carbocycles. The van der Waals surface area contributed by atoms with Crippen molar-refractivity contribution in [1.29, 1.82) is 0 Å². The predicted octanol–water partition coefficient (Wildman–Crippen LogP) is 2.76. The fourth-order valence-electron chi connectivity index (χ4n) is 4.48. The molecule has 1 aromatic heterocycles. The summed E-state index contributed by atoms with van der Waals surface area (Å²) >= 11 is 0. The van der Waals surface area contributed by atoms with Gasteiger partial charge in [0.15, 0.2) is 9.84 Å². The van der Waals surface area contributed by atoms with Gasteiger partial charge in [0.1, 0.15) is 5.82 Å². The summed E-state index contributed by atoms with van der Waals surface area (Å²) in [4.78, 5) is 9.52. The normalized spacial score (nSPS) is 21.8. The van der Waals surface area contributed by atoms with Gasteiger partial charge in [0.25, 0.3) is 5.95 Å². The third kappa shape index (κ3) is 5.30. The van der Waals surface area contributed by atoms with Crippen molar-refractivity contribution in [3.8, 4) is 0 Å². The molecule has 0 amide bonds. The second kappa shape index (κ2) is 8.84. The van der Waals surface area contributed by atoms with Crippen molar-refractivity contribution < 1.29 is 30.5 Å². The number of halogens is 4. The van der Waals surface area contributed by atoms with E-state index in [2.05, 4.69) is 31.4 Å². The maximum Gasteiger partial charge on any atom is 0.471 e. The van der Waals surface area contributed by atoms with Crippen LogP contribution in [0, 0.1) is 5.82 Å². The molecule has 182 valence electrons. The summed E-state index contributed by atoms with van der Waals surface area (Å²) in [6.07, 6.45) is -2.17. The van der Waals surface area contributed by atoms with Crippen molar-refractivity contribution in [2.45, 2.75) is 49.5 Å². The van der Waals surface area contributed by atoms with E-state index in [1.54, 1.807) is 4.90 Å². The summed E-state index contributed by atoms with van der Waals surface area (Å²) in [7, 11) is -3.47. The van der Waals surface area contributed by atoms with E-state index in [9.17, 15) is 26.0 Å². The number of piperidine rings is 1. The van der Waals surface area contributed by atoms with Gasteiger partial charge in [0.2, 0.25) is 0 Å². The van der Waals surface area contributed by atoms with Crippen molar-refractivity contribution in [3.05, 3.63) is 35.5 Å². The van der Waals surface area contributed by atoms with Crippen LogP contribution < -0.4 is 4.90 Å². The van der Waals surface area contributed by atoms with Crippen LogP contribution in [0.2, 0.25) is 0 Å². The quantitative estimate of drug-likeness (QED) is 0.591. The van der Waals surface area contributed by atoms with E-state index in [-0.39, 0.29) is 22.9 Å². The lowest BCUT2D eigenvalue weighted by Crippen LogP contribution is -2.47. The third-order valence-corrected chi connectivity index (χ3v) is 7.28. The number of hydrogen-bond acceptors (Lipinski definition) is 8. The van der Waals surface area contributed by atoms with Gasteiger partial charge < -0.3 is 9.42 Å². The maximum atomic E-state index is 14.5. The summed E-state index contributed by atoms with van der Waals surface area (Å²) in [5, 5.41) is 3.46. The fraction of sp³-hybridized carbons (Fsp3) is 0.600. The molecule has 0 bridgehead atoms. The van der Waals surface area contributed by atoms with Crippen LogP contribution >= 0.6 is 0 Å². The van der Waals surface area contributed by atoms with E-state index in [0.717, 1.165) is 31.7 Å². The Balaban J connectivity index is 1.34. The molecule has 1 atom stereocenters. The number of hydrogen-bond donors (Lipinski definition) is 0. The molecule has 1 unspecified atom stereocenters. The van der Waals surface area contributed by atoms with Crippen LogP contribution in [-0.4, -0.2) is 73.0 Å². The number of anilines is 1. The van der Waals surface area contributed by atoms with Gasteiger partial charge in [-0.2, -0.15) is 18.2 Å². The Labute approximate surface area is 189 Å². The van der Waals surface area contributed by atoms with Gasteiger partial charge in [-0.1, -0.05) is 6.07 Å². The number of rotatable bonds is 5. The van der Waals surface area contributed by atoms with Gasteiger partial charge in [-0.3, -0.25) is 9.80 Å². The highest BCUT2D eigenvalue weighted by atomic mass is 32.2. The largest absolute Gasteiger partial charge is 0.471 e. The summed E-state index contributed by atoms with van der Waals surface area (Å²) in [5.74, 6) is -1.94. The van der Waals surface area contributed by atoms with Gasteiger partial charge >= 0.3 is 12.1 Å². The van der Waals surface area contributed by atoms with Gasteiger partial charge in [-0.15, -0.1) is 0 Å². The highest BCUT2D eigenvalue weighted by Gasteiger charge is 2.40. The number of nitrogens with zero attached hydrogens (tertiary/aromatic N) is 5. The SMILES string of the molecule is CC1CN(Cc2ccc(S(C)(=O)=O)cc2F)CN1C1CCN(c2noc(C(F)(F)F)n2)CC1. The van der Waals surface area contributed by atoms with E-state index < -0.39 is 27.7 Å². The molecule has 2 aromatic rings. The van der Waals surface area contributed by atoms with E-state index >= 15 is 0 Å². The first-order valence-corrected chi connectivity index (χ1v) is 12.4. The van der Waals surface area contributed by atoms with Crippen LogP contribution in [0.3, 0.4) is 0 Å². The monoisotopic (exact) mass is 491 g/mol. The Kier molecular flexibility index (Phi) is 6.40. The average Bonchev–Trinajstić information content (AvgIpc) is 3.36. The summed E-state index contributed by atoms with van der Waals surface area (Å²) in [5.41, 5.74) is 0.434. The minimum atomic E-state index is -4.66. The molecule has 13 heteroatoms. The Hall–Kier alpha value is -2.25. The van der Waals surface area contributed by atoms with E-state index in [4.69, 9.17) is 0 Å². The van der Waals surface area contributed by atoms with Crippen LogP contribution in [0.4, 0.5) is 23.5 Å². The van der Waals surface area contributed by atoms with Crippen molar-refractivity contribution >= 4 is 15.8 Å². The number of alkyl halides is 3. The average molecular weight is 492 g/mol. The zero-order valence-electron chi connectivity index (χ0n) is 18.2. The lowest BCUT2D eigenvalue weighted by atomic mass is 10.0. The Morgan fingerprint density at radius 3 is 2.48 bits per heavy atom. The molecule has 2 fully saturated rings. The van der Waals surface area contributed by atoms with Crippen molar-refractivity contribution in [3.63, 3.8) is 0 Å². The minimum absolute atomic E-state index is 0.0455. The maximum absolute atomic E-state index is 14.5. The molecule has 33 heavy (non-hydrogen) atoms. The molecule has 2 saturated heterocycles. The molecule has 2 aliphatic rings.